The molecule has 1 N–H and O–H groups in total. The lowest BCUT2D eigenvalue weighted by atomic mass is 9.68. The molecule has 0 unspecified atom stereocenters. The fraction of sp³-hybridized carbons (Fsp3) is 0.242. The summed E-state index contributed by atoms with van der Waals surface area (Å²) in [5.74, 6) is 0.321. The normalized spacial score (nSPS) is 14.6. The van der Waals surface area contributed by atoms with Gasteiger partial charge in [0, 0.05) is 29.7 Å². The molecule has 214 valence electrons. The second kappa shape index (κ2) is 13.2. The average molecular weight is 564 g/mol. The van der Waals surface area contributed by atoms with Crippen LogP contribution < -0.4 is 10.2 Å². The predicted octanol–water partition coefficient (Wildman–Crippen LogP) is 5.66. The highest BCUT2D eigenvalue weighted by Gasteiger charge is 2.37. The summed E-state index contributed by atoms with van der Waals surface area (Å²) in [7, 11) is 0. The van der Waals surface area contributed by atoms with Crippen LogP contribution >= 0.6 is 0 Å². The smallest absolute Gasteiger partial charge is 0.269 e. The molecule has 0 saturated carbocycles. The highest BCUT2D eigenvalue weighted by atomic mass is 16.6. The fourth-order valence-corrected chi connectivity index (χ4v) is 5.92. The van der Waals surface area contributed by atoms with Crippen molar-refractivity contribution in [3.63, 3.8) is 0 Å². The highest BCUT2D eigenvalue weighted by molar-refractivity contribution is 5.89. The molecular formula is C33H33N5O4. The first-order valence-electron chi connectivity index (χ1n) is 14.0. The molecule has 9 heteroatoms. The van der Waals surface area contributed by atoms with Gasteiger partial charge in [0.25, 0.3) is 5.69 Å². The third-order valence-electron chi connectivity index (χ3n) is 8.15. The maximum Gasteiger partial charge on any atom is 0.269 e. The molecule has 1 saturated heterocycles. The minimum Gasteiger partial charge on any atom is -0.313 e. The van der Waals surface area contributed by atoms with Crippen molar-refractivity contribution < 1.29 is 14.5 Å². The monoisotopic (exact) mass is 563 g/mol. The minimum atomic E-state index is -0.460. The van der Waals surface area contributed by atoms with E-state index in [0.717, 1.165) is 45.3 Å². The maximum atomic E-state index is 12.2. The Morgan fingerprint density at radius 1 is 0.929 bits per heavy atom. The van der Waals surface area contributed by atoms with Crippen LogP contribution in [0.2, 0.25) is 0 Å². The molecule has 0 spiro atoms. The Morgan fingerprint density at radius 3 is 2.10 bits per heavy atom. The van der Waals surface area contributed by atoms with E-state index >= 15 is 0 Å². The molecule has 0 aliphatic carbocycles. The van der Waals surface area contributed by atoms with E-state index < -0.39 is 4.92 Å². The highest BCUT2D eigenvalue weighted by Crippen LogP contribution is 2.41. The van der Waals surface area contributed by atoms with Crippen LogP contribution in [0.1, 0.15) is 30.4 Å². The Morgan fingerprint density at radius 2 is 1.55 bits per heavy atom. The standard InChI is InChI=1S/C33H33N5O4/c39-24-35-32-22-30(26-12-14-29(15-13-26)38(41)42)31(23-34-32)37(25-40)19-7-18-36-20-16-33(17-21-36,27-8-3-1-4-9-27)28-10-5-2-6-11-28/h1-6,8-15,22-25H,7,16-21H2,(H,34,35,39). The first-order valence-corrected chi connectivity index (χ1v) is 14.0. The van der Waals surface area contributed by atoms with Gasteiger partial charge in [0.15, 0.2) is 0 Å². The van der Waals surface area contributed by atoms with Gasteiger partial charge < -0.3 is 15.1 Å². The van der Waals surface area contributed by atoms with E-state index in [1.807, 2.05) is 0 Å². The van der Waals surface area contributed by atoms with Gasteiger partial charge in [-0.05, 0) is 73.8 Å². The summed E-state index contributed by atoms with van der Waals surface area (Å²) < 4.78 is 0. The second-order valence-corrected chi connectivity index (χ2v) is 10.5. The number of rotatable bonds is 12. The molecule has 2 amide bonds. The second-order valence-electron chi connectivity index (χ2n) is 10.5. The van der Waals surface area contributed by atoms with Crippen LogP contribution in [0, 0.1) is 10.1 Å². The molecule has 1 aliphatic heterocycles. The quantitative estimate of drug-likeness (QED) is 0.135. The molecule has 1 aliphatic rings. The lowest BCUT2D eigenvalue weighted by Crippen LogP contribution is -2.44. The minimum absolute atomic E-state index is 0.0174. The average Bonchev–Trinajstić information content (AvgIpc) is 3.05. The first kappa shape index (κ1) is 28.6. The first-order chi connectivity index (χ1) is 20.5. The molecule has 42 heavy (non-hydrogen) atoms. The largest absolute Gasteiger partial charge is 0.313 e. The zero-order valence-corrected chi connectivity index (χ0v) is 23.3. The summed E-state index contributed by atoms with van der Waals surface area (Å²) in [5.41, 5.74) is 4.54. The van der Waals surface area contributed by atoms with E-state index in [0.29, 0.717) is 35.6 Å². The molecule has 9 nitrogen and oxygen atoms in total. The number of likely N-dealkylation sites (tertiary alicyclic amines) is 1. The lowest BCUT2D eigenvalue weighted by molar-refractivity contribution is -0.384. The zero-order valence-electron chi connectivity index (χ0n) is 23.3. The summed E-state index contributed by atoms with van der Waals surface area (Å²) in [6.07, 6.45) is 5.64. The van der Waals surface area contributed by atoms with E-state index in [9.17, 15) is 19.7 Å². The van der Waals surface area contributed by atoms with Crippen LogP contribution in [0.5, 0.6) is 0 Å². The van der Waals surface area contributed by atoms with E-state index in [4.69, 9.17) is 0 Å². The number of nitro benzene ring substituents is 1. The summed E-state index contributed by atoms with van der Waals surface area (Å²) in [5, 5.41) is 13.7. The lowest BCUT2D eigenvalue weighted by Gasteiger charge is -2.43. The number of anilines is 2. The number of aromatic nitrogens is 1. The van der Waals surface area contributed by atoms with E-state index in [-0.39, 0.29) is 11.1 Å². The molecule has 0 bridgehead atoms. The number of benzene rings is 3. The number of pyridine rings is 1. The Hall–Kier alpha value is -4.89. The van der Waals surface area contributed by atoms with Crippen molar-refractivity contribution in [3.8, 4) is 11.1 Å². The van der Waals surface area contributed by atoms with Gasteiger partial charge in [0.1, 0.15) is 5.82 Å². The van der Waals surface area contributed by atoms with Gasteiger partial charge >= 0.3 is 0 Å². The van der Waals surface area contributed by atoms with Crippen molar-refractivity contribution in [1.29, 1.82) is 0 Å². The van der Waals surface area contributed by atoms with Gasteiger partial charge in [0.2, 0.25) is 12.8 Å². The molecule has 0 radical (unpaired) electrons. The third-order valence-corrected chi connectivity index (χ3v) is 8.15. The fourth-order valence-electron chi connectivity index (χ4n) is 5.92. The van der Waals surface area contributed by atoms with Crippen molar-refractivity contribution in [2.24, 2.45) is 0 Å². The number of piperidine rings is 1. The number of nitrogens with one attached hydrogen (secondary N) is 1. The van der Waals surface area contributed by atoms with Crippen molar-refractivity contribution in [1.82, 2.24) is 9.88 Å². The number of hydrogen-bond acceptors (Lipinski definition) is 6. The van der Waals surface area contributed by atoms with Gasteiger partial charge in [-0.1, -0.05) is 60.7 Å². The van der Waals surface area contributed by atoms with Crippen LogP contribution in [-0.2, 0) is 15.0 Å². The predicted molar refractivity (Wildman–Crippen MR) is 163 cm³/mol. The molecule has 0 atom stereocenters. The number of amides is 2. The van der Waals surface area contributed by atoms with Crippen molar-refractivity contribution in [2.75, 3.05) is 36.4 Å². The van der Waals surface area contributed by atoms with Gasteiger partial charge in [-0.2, -0.15) is 0 Å². The molecular weight excluding hydrogens is 530 g/mol. The summed E-state index contributed by atoms with van der Waals surface area (Å²) in [4.78, 5) is 42.3. The Labute approximate surface area is 245 Å². The summed E-state index contributed by atoms with van der Waals surface area (Å²) in [6, 6.07) is 29.3. The summed E-state index contributed by atoms with van der Waals surface area (Å²) in [6.45, 7) is 3.22. The Kier molecular flexibility index (Phi) is 8.99. The Bertz CT molecular complexity index is 1460. The molecule has 1 fully saturated rings. The van der Waals surface area contributed by atoms with Crippen LogP contribution in [0.15, 0.2) is 97.2 Å². The van der Waals surface area contributed by atoms with Crippen molar-refractivity contribution >= 4 is 30.0 Å². The van der Waals surface area contributed by atoms with E-state index in [1.54, 1.807) is 29.3 Å². The zero-order chi connectivity index (χ0) is 29.4. The number of hydrogen-bond donors (Lipinski definition) is 1. The van der Waals surface area contributed by atoms with Gasteiger partial charge in [-0.25, -0.2) is 4.98 Å². The summed E-state index contributed by atoms with van der Waals surface area (Å²) >= 11 is 0. The number of non-ortho nitro benzene ring substituents is 1. The van der Waals surface area contributed by atoms with Crippen LogP contribution in [0.4, 0.5) is 17.2 Å². The third kappa shape index (κ3) is 6.21. The molecule has 1 aromatic heterocycles. The SMILES string of the molecule is O=CNc1cc(-c2ccc([N+](=O)[O-])cc2)c(N(C=O)CCCN2CCC(c3ccccc3)(c3ccccc3)CC2)cn1. The Balaban J connectivity index is 1.28. The number of nitrogens with zero attached hydrogens (tertiary/aromatic N) is 4. The van der Waals surface area contributed by atoms with E-state index in [1.165, 1.54) is 23.3 Å². The maximum absolute atomic E-state index is 12.2. The van der Waals surface area contributed by atoms with E-state index in [2.05, 4.69) is 75.9 Å². The van der Waals surface area contributed by atoms with Gasteiger partial charge in [-0.15, -0.1) is 0 Å². The molecule has 5 rings (SSSR count). The molecule has 3 aromatic carbocycles. The van der Waals surface area contributed by atoms with Crippen molar-refractivity contribution in [2.45, 2.75) is 24.7 Å². The van der Waals surface area contributed by atoms with Crippen LogP contribution in [0.3, 0.4) is 0 Å². The number of carbonyl (C=O) groups is 2. The van der Waals surface area contributed by atoms with Gasteiger partial charge in [-0.3, -0.25) is 19.7 Å². The molecule has 2 heterocycles. The van der Waals surface area contributed by atoms with Gasteiger partial charge in [0.05, 0.1) is 16.8 Å². The van der Waals surface area contributed by atoms with Crippen molar-refractivity contribution in [3.05, 3.63) is 118 Å². The van der Waals surface area contributed by atoms with Crippen LogP contribution in [0.25, 0.3) is 11.1 Å². The number of carbonyl (C=O) groups excluding carboxylic acids is 2. The number of nitro groups is 1. The van der Waals surface area contributed by atoms with Crippen LogP contribution in [-0.4, -0.2) is 53.8 Å². The molecule has 4 aromatic rings. The topological polar surface area (TPSA) is 109 Å².